The molecule has 0 bridgehead atoms. The van der Waals surface area contributed by atoms with Gasteiger partial charge in [0.05, 0.1) is 22.2 Å². The lowest BCUT2D eigenvalue weighted by atomic mass is 10.0. The molecular formula is C22H20ClF5N4O4. The van der Waals surface area contributed by atoms with Crippen LogP contribution in [0.2, 0.25) is 5.02 Å². The summed E-state index contributed by atoms with van der Waals surface area (Å²) in [5.74, 6) is -8.12. The van der Waals surface area contributed by atoms with Crippen molar-refractivity contribution in [3.63, 3.8) is 0 Å². The molecule has 14 heteroatoms. The van der Waals surface area contributed by atoms with Gasteiger partial charge in [-0.15, -0.1) is 0 Å². The van der Waals surface area contributed by atoms with Crippen LogP contribution in [0.3, 0.4) is 0 Å². The van der Waals surface area contributed by atoms with Crippen LogP contribution in [0, 0.1) is 0 Å². The fourth-order valence-corrected chi connectivity index (χ4v) is 3.07. The summed E-state index contributed by atoms with van der Waals surface area (Å²) in [6.45, 7) is 0.596. The Bertz CT molecular complexity index is 1170. The van der Waals surface area contributed by atoms with Gasteiger partial charge in [-0.2, -0.15) is 13.2 Å². The third-order valence-corrected chi connectivity index (χ3v) is 4.93. The third kappa shape index (κ3) is 7.97. The van der Waals surface area contributed by atoms with Crippen LogP contribution in [-0.4, -0.2) is 47.5 Å². The van der Waals surface area contributed by atoms with Gasteiger partial charge in [-0.3, -0.25) is 19.2 Å². The van der Waals surface area contributed by atoms with Gasteiger partial charge < -0.3 is 16.0 Å². The van der Waals surface area contributed by atoms with E-state index in [0.29, 0.717) is 13.0 Å². The number of rotatable bonds is 9. The number of hydrogen-bond acceptors (Lipinski definition) is 5. The molecule has 0 aliphatic heterocycles. The zero-order valence-electron chi connectivity index (χ0n) is 18.8. The van der Waals surface area contributed by atoms with Crippen LogP contribution in [0.15, 0.2) is 36.5 Å². The van der Waals surface area contributed by atoms with Crippen LogP contribution in [0.1, 0.15) is 46.0 Å². The number of benzene rings is 1. The predicted octanol–water partition coefficient (Wildman–Crippen LogP) is 3.86. The van der Waals surface area contributed by atoms with Crippen molar-refractivity contribution in [1.82, 2.24) is 15.6 Å². The van der Waals surface area contributed by atoms with Crippen LogP contribution in [0.4, 0.5) is 27.8 Å². The minimum atomic E-state index is -4.71. The second-order valence-electron chi connectivity index (χ2n) is 7.66. The second kappa shape index (κ2) is 11.4. The quantitative estimate of drug-likeness (QED) is 0.334. The van der Waals surface area contributed by atoms with Crippen molar-refractivity contribution in [2.75, 3.05) is 12.4 Å². The maximum Gasteiger partial charge on any atom is 0.416 e. The van der Waals surface area contributed by atoms with E-state index >= 15 is 0 Å². The van der Waals surface area contributed by atoms with E-state index in [1.165, 1.54) is 0 Å². The smallest absolute Gasteiger partial charge is 0.353 e. The number of carbonyl (C=O) groups excluding carboxylic acids is 4. The molecule has 0 aliphatic rings. The van der Waals surface area contributed by atoms with Crippen molar-refractivity contribution in [2.24, 2.45) is 0 Å². The lowest BCUT2D eigenvalue weighted by Crippen LogP contribution is -2.47. The molecular weight excluding hydrogens is 515 g/mol. The maximum atomic E-state index is 13.3. The predicted molar refractivity (Wildman–Crippen MR) is 119 cm³/mol. The molecule has 8 nitrogen and oxygen atoms in total. The Morgan fingerprint density at radius 2 is 1.72 bits per heavy atom. The number of anilines is 1. The molecule has 1 aromatic heterocycles. The first-order valence-electron chi connectivity index (χ1n) is 10.2. The molecule has 1 heterocycles. The lowest BCUT2D eigenvalue weighted by molar-refractivity contribution is -0.139. The van der Waals surface area contributed by atoms with Crippen molar-refractivity contribution >= 4 is 40.9 Å². The zero-order chi connectivity index (χ0) is 27.3. The highest BCUT2D eigenvalue weighted by molar-refractivity contribution is 6.38. The van der Waals surface area contributed by atoms with E-state index in [2.05, 4.69) is 15.6 Å². The van der Waals surface area contributed by atoms with E-state index in [1.807, 2.05) is 5.32 Å². The van der Waals surface area contributed by atoms with Crippen LogP contribution in [0.5, 0.6) is 0 Å². The number of amides is 3. The number of halogens is 6. The minimum Gasteiger partial charge on any atom is -0.353 e. The average molecular weight is 535 g/mol. The van der Waals surface area contributed by atoms with Crippen molar-refractivity contribution in [3.8, 4) is 0 Å². The fraction of sp³-hybridized carbons (Fsp3) is 0.318. The van der Waals surface area contributed by atoms with Gasteiger partial charge in [-0.05, 0) is 37.6 Å². The Kier molecular flexibility index (Phi) is 9.08. The van der Waals surface area contributed by atoms with E-state index in [1.54, 1.807) is 0 Å². The van der Waals surface area contributed by atoms with Crippen molar-refractivity contribution in [1.29, 1.82) is 0 Å². The first kappa shape index (κ1) is 28.6. The van der Waals surface area contributed by atoms with E-state index in [4.69, 9.17) is 11.6 Å². The number of nitrogens with one attached hydrogen (secondary N) is 3. The number of likely N-dealkylation sites (N-methyl/N-ethyl adjacent to an activating group) is 1. The highest BCUT2D eigenvalue weighted by atomic mass is 35.5. The van der Waals surface area contributed by atoms with Crippen LogP contribution >= 0.6 is 11.6 Å². The van der Waals surface area contributed by atoms with E-state index in [9.17, 15) is 41.1 Å². The number of ketones is 1. The van der Waals surface area contributed by atoms with Gasteiger partial charge in [0, 0.05) is 25.2 Å². The summed E-state index contributed by atoms with van der Waals surface area (Å²) in [4.78, 5) is 53.3. The zero-order valence-corrected chi connectivity index (χ0v) is 19.6. The summed E-state index contributed by atoms with van der Waals surface area (Å²) in [7, 11) is 1.13. The number of Topliss-reactive ketones (excluding diaryl/α,β-unsaturated/α-hetero) is 1. The van der Waals surface area contributed by atoms with Gasteiger partial charge in [-0.25, -0.2) is 13.8 Å². The average Bonchev–Trinajstić information content (AvgIpc) is 2.80. The fourth-order valence-electron chi connectivity index (χ4n) is 2.91. The normalized spacial score (nSPS) is 12.4. The molecule has 1 aromatic carbocycles. The van der Waals surface area contributed by atoms with Crippen molar-refractivity contribution in [2.45, 2.75) is 37.9 Å². The molecule has 3 N–H and O–H groups in total. The van der Waals surface area contributed by atoms with E-state index in [-0.39, 0.29) is 5.02 Å². The summed E-state index contributed by atoms with van der Waals surface area (Å²) < 4.78 is 65.6. The first-order chi connectivity index (χ1) is 16.6. The molecule has 0 fully saturated rings. The highest BCUT2D eigenvalue weighted by Gasteiger charge is 2.32. The number of pyridine rings is 1. The Morgan fingerprint density at radius 3 is 2.31 bits per heavy atom. The molecule has 2 rings (SSSR count). The molecule has 2 aromatic rings. The summed E-state index contributed by atoms with van der Waals surface area (Å²) >= 11 is 5.87. The highest BCUT2D eigenvalue weighted by Crippen LogP contribution is 2.30. The van der Waals surface area contributed by atoms with Gasteiger partial charge in [0.15, 0.2) is 0 Å². The number of carbonyl (C=O) groups is 4. The monoisotopic (exact) mass is 534 g/mol. The molecule has 0 spiro atoms. The summed E-state index contributed by atoms with van der Waals surface area (Å²) in [5.41, 5.74) is -1.91. The Labute approximate surface area is 206 Å². The van der Waals surface area contributed by atoms with Crippen molar-refractivity contribution in [3.05, 3.63) is 58.2 Å². The first-order valence-corrected chi connectivity index (χ1v) is 10.6. The van der Waals surface area contributed by atoms with Gasteiger partial charge in [-0.1, -0.05) is 17.7 Å². The van der Waals surface area contributed by atoms with Crippen LogP contribution in [-0.2, 0) is 15.8 Å². The lowest BCUT2D eigenvalue weighted by Gasteiger charge is -2.20. The standard InChI is InChI=1S/C22H20ClF5N4O4/c1-21(24,25)7-6-15(16(33)20(36)29-2)31-19(35)14-9-13(23)10-30-17(14)32-18(34)11-4-3-5-12(8-11)22(26,27)28/h3-5,8-10,15H,6-7H2,1-2H3,(H,29,36)(H,31,35)(H,30,32,34)/t15-/m0/s1. The summed E-state index contributed by atoms with van der Waals surface area (Å²) in [6, 6.07) is 2.84. The number of aromatic nitrogens is 1. The van der Waals surface area contributed by atoms with Gasteiger partial charge >= 0.3 is 6.18 Å². The van der Waals surface area contributed by atoms with Crippen molar-refractivity contribution < 1.29 is 41.1 Å². The SMILES string of the molecule is CNC(=O)C(=O)[C@H](CCC(C)(F)F)NC(=O)c1cc(Cl)cnc1NC(=O)c1cccc(C(F)(F)F)c1. The third-order valence-electron chi connectivity index (χ3n) is 4.73. The molecule has 36 heavy (non-hydrogen) atoms. The molecule has 0 aliphatic carbocycles. The van der Waals surface area contributed by atoms with E-state index < -0.39 is 77.0 Å². The minimum absolute atomic E-state index is 0.0912. The topological polar surface area (TPSA) is 117 Å². The molecule has 3 amide bonds. The van der Waals surface area contributed by atoms with Crippen LogP contribution < -0.4 is 16.0 Å². The Morgan fingerprint density at radius 1 is 1.06 bits per heavy atom. The Balaban J connectivity index is 2.33. The number of hydrogen-bond donors (Lipinski definition) is 3. The number of alkyl halides is 5. The van der Waals surface area contributed by atoms with Gasteiger partial charge in [0.2, 0.25) is 11.7 Å². The molecule has 0 radical (unpaired) electrons. The molecule has 0 saturated heterocycles. The van der Waals surface area contributed by atoms with Crippen LogP contribution in [0.25, 0.3) is 0 Å². The van der Waals surface area contributed by atoms with Gasteiger partial charge in [0.25, 0.3) is 17.7 Å². The maximum absolute atomic E-state index is 13.3. The van der Waals surface area contributed by atoms with Gasteiger partial charge in [0.1, 0.15) is 5.82 Å². The second-order valence-corrected chi connectivity index (χ2v) is 8.10. The summed E-state index contributed by atoms with van der Waals surface area (Å²) in [5, 5.41) is 6.28. The van der Waals surface area contributed by atoms with E-state index in [0.717, 1.165) is 37.5 Å². The summed E-state index contributed by atoms with van der Waals surface area (Å²) in [6.07, 6.45) is -5.11. The number of nitrogens with zero attached hydrogens (tertiary/aromatic N) is 1. The molecule has 194 valence electrons. The molecule has 1 atom stereocenters. The molecule has 0 saturated carbocycles. The Hall–Kier alpha value is -3.61. The largest absolute Gasteiger partial charge is 0.416 e. The molecule has 0 unspecified atom stereocenters.